The van der Waals surface area contributed by atoms with Gasteiger partial charge in [0.2, 0.25) is 15.9 Å². The van der Waals surface area contributed by atoms with Crippen molar-refractivity contribution in [3.8, 4) is 0 Å². The second-order valence-electron chi connectivity index (χ2n) is 8.65. The molecule has 186 valence electrons. The molecule has 8 nitrogen and oxygen atoms in total. The lowest BCUT2D eigenvalue weighted by Crippen LogP contribution is -2.45. The van der Waals surface area contributed by atoms with Crippen LogP contribution in [0.2, 0.25) is 0 Å². The Kier molecular flexibility index (Phi) is 7.63. The van der Waals surface area contributed by atoms with E-state index < -0.39 is 28.3 Å². The number of hydrogen-bond acceptors (Lipinski definition) is 6. The normalized spacial score (nSPS) is 16.1. The number of hydrogen-bond donors (Lipinski definition) is 0. The van der Waals surface area contributed by atoms with Crippen molar-refractivity contribution < 1.29 is 26.8 Å². The molecule has 0 aliphatic carbocycles. The average molecular weight is 503 g/mol. The number of rotatable bonds is 9. The van der Waals surface area contributed by atoms with Crippen LogP contribution in [0.15, 0.2) is 64.0 Å². The molecular weight excluding hydrogens is 475 g/mol. The standard InChI is InChI=1S/C25H27FN2O6S/c1-35(31,32)28(15-21-5-4-12-33-21)16-24(29)27(13-18-8-10-20(26)11-9-18)14-19-17-34-23-7-3-2-6-22(23)25(19)30/h2-3,6-11,17,21H,4-5,12-16H2,1H3. The highest BCUT2D eigenvalue weighted by atomic mass is 32.2. The monoisotopic (exact) mass is 502 g/mol. The first kappa shape index (κ1) is 25.0. The van der Waals surface area contributed by atoms with Crippen LogP contribution in [0.4, 0.5) is 4.39 Å². The Labute approximate surface area is 203 Å². The van der Waals surface area contributed by atoms with Crippen molar-refractivity contribution in [2.45, 2.75) is 32.0 Å². The van der Waals surface area contributed by atoms with Gasteiger partial charge in [0.25, 0.3) is 0 Å². The van der Waals surface area contributed by atoms with Gasteiger partial charge in [-0.15, -0.1) is 0 Å². The number of halogens is 1. The Morgan fingerprint density at radius 1 is 1.11 bits per heavy atom. The minimum absolute atomic E-state index is 0.0584. The third-order valence-electron chi connectivity index (χ3n) is 5.96. The summed E-state index contributed by atoms with van der Waals surface area (Å²) in [5.74, 6) is -0.910. The summed E-state index contributed by atoms with van der Waals surface area (Å²) >= 11 is 0. The Morgan fingerprint density at radius 2 is 1.86 bits per heavy atom. The Bertz CT molecular complexity index is 1350. The number of ether oxygens (including phenoxy) is 1. The molecule has 1 saturated heterocycles. The molecule has 10 heteroatoms. The molecule has 0 radical (unpaired) electrons. The van der Waals surface area contributed by atoms with Crippen LogP contribution in [0.5, 0.6) is 0 Å². The topological polar surface area (TPSA) is 97.1 Å². The van der Waals surface area contributed by atoms with Gasteiger partial charge in [-0.2, -0.15) is 4.31 Å². The lowest BCUT2D eigenvalue weighted by Gasteiger charge is -2.27. The minimum Gasteiger partial charge on any atom is -0.464 e. The predicted molar refractivity (Wildman–Crippen MR) is 129 cm³/mol. The number of fused-ring (bicyclic) bond motifs is 1. The molecule has 1 aliphatic rings. The fourth-order valence-corrected chi connectivity index (χ4v) is 4.84. The molecule has 0 N–H and O–H groups in total. The molecule has 4 rings (SSSR count). The summed E-state index contributed by atoms with van der Waals surface area (Å²) in [7, 11) is -3.69. The zero-order chi connectivity index (χ0) is 25.0. The fraction of sp³-hybridized carbons (Fsp3) is 0.360. The van der Waals surface area contributed by atoms with Crippen molar-refractivity contribution in [1.82, 2.24) is 9.21 Å². The lowest BCUT2D eigenvalue weighted by molar-refractivity contribution is -0.132. The minimum atomic E-state index is -3.69. The predicted octanol–water partition coefficient (Wildman–Crippen LogP) is 2.90. The van der Waals surface area contributed by atoms with E-state index in [1.54, 1.807) is 36.4 Å². The zero-order valence-corrected chi connectivity index (χ0v) is 20.2. The van der Waals surface area contributed by atoms with Crippen molar-refractivity contribution in [1.29, 1.82) is 0 Å². The van der Waals surface area contributed by atoms with Gasteiger partial charge >= 0.3 is 0 Å². The second kappa shape index (κ2) is 10.7. The highest BCUT2D eigenvalue weighted by Crippen LogP contribution is 2.17. The van der Waals surface area contributed by atoms with Gasteiger partial charge < -0.3 is 14.1 Å². The van der Waals surface area contributed by atoms with E-state index in [4.69, 9.17) is 9.15 Å². The number of nitrogens with zero attached hydrogens (tertiary/aromatic N) is 2. The van der Waals surface area contributed by atoms with Crippen molar-refractivity contribution in [2.75, 3.05) is 26.0 Å². The molecule has 2 heterocycles. The number of para-hydroxylation sites is 1. The van der Waals surface area contributed by atoms with Crippen LogP contribution in [-0.2, 0) is 32.6 Å². The molecule has 0 bridgehead atoms. The smallest absolute Gasteiger partial charge is 0.238 e. The molecule has 1 aliphatic heterocycles. The molecule has 1 fully saturated rings. The Morgan fingerprint density at radius 3 is 2.54 bits per heavy atom. The number of carbonyl (C=O) groups excluding carboxylic acids is 1. The van der Waals surface area contributed by atoms with Crippen molar-refractivity contribution >= 4 is 26.9 Å². The zero-order valence-electron chi connectivity index (χ0n) is 19.4. The van der Waals surface area contributed by atoms with E-state index in [9.17, 15) is 22.4 Å². The van der Waals surface area contributed by atoms with E-state index in [1.165, 1.54) is 23.3 Å². The highest BCUT2D eigenvalue weighted by molar-refractivity contribution is 7.88. The van der Waals surface area contributed by atoms with Crippen LogP contribution in [0.3, 0.4) is 0 Å². The summed E-state index contributed by atoms with van der Waals surface area (Å²) in [4.78, 5) is 27.8. The molecule has 35 heavy (non-hydrogen) atoms. The van der Waals surface area contributed by atoms with Gasteiger partial charge in [-0.3, -0.25) is 9.59 Å². The molecule has 1 unspecified atom stereocenters. The molecule has 2 aromatic carbocycles. The summed E-state index contributed by atoms with van der Waals surface area (Å²) in [5.41, 5.74) is 1.04. The summed E-state index contributed by atoms with van der Waals surface area (Å²) in [5, 5.41) is 0.385. The Hall–Kier alpha value is -3.08. The van der Waals surface area contributed by atoms with Gasteiger partial charge in [-0.05, 0) is 42.7 Å². The molecule has 3 aromatic rings. The van der Waals surface area contributed by atoms with Crippen LogP contribution in [0.25, 0.3) is 11.0 Å². The van der Waals surface area contributed by atoms with Crippen molar-refractivity contribution in [3.63, 3.8) is 0 Å². The summed E-state index contributed by atoms with van der Waals surface area (Å²) in [6.45, 7) is 0.195. The summed E-state index contributed by atoms with van der Waals surface area (Å²) in [6, 6.07) is 12.4. The molecular formula is C25H27FN2O6S. The van der Waals surface area contributed by atoms with E-state index in [1.807, 2.05) is 0 Å². The first-order valence-corrected chi connectivity index (χ1v) is 13.1. The van der Waals surface area contributed by atoms with Gasteiger partial charge in [0.1, 0.15) is 11.4 Å². The number of sulfonamides is 1. The molecule has 1 aromatic heterocycles. The van der Waals surface area contributed by atoms with E-state index in [0.717, 1.165) is 23.4 Å². The number of benzene rings is 2. The molecule has 1 amide bonds. The number of amides is 1. The van der Waals surface area contributed by atoms with E-state index in [0.29, 0.717) is 23.1 Å². The number of carbonyl (C=O) groups is 1. The fourth-order valence-electron chi connectivity index (χ4n) is 4.06. The molecule has 0 spiro atoms. The SMILES string of the molecule is CS(=O)(=O)N(CC(=O)N(Cc1ccc(F)cc1)Cc1coc2ccccc2c1=O)CC1CCCO1. The highest BCUT2D eigenvalue weighted by Gasteiger charge is 2.29. The maximum Gasteiger partial charge on any atom is 0.238 e. The van der Waals surface area contributed by atoms with E-state index >= 15 is 0 Å². The van der Waals surface area contributed by atoms with Crippen LogP contribution >= 0.6 is 0 Å². The first-order valence-electron chi connectivity index (χ1n) is 11.3. The van der Waals surface area contributed by atoms with Gasteiger partial charge in [0.05, 0.1) is 42.7 Å². The average Bonchev–Trinajstić information content (AvgIpc) is 3.34. The van der Waals surface area contributed by atoms with Gasteiger partial charge in [0.15, 0.2) is 5.43 Å². The van der Waals surface area contributed by atoms with Gasteiger partial charge in [0, 0.05) is 19.7 Å². The second-order valence-corrected chi connectivity index (χ2v) is 10.6. The third-order valence-corrected chi connectivity index (χ3v) is 7.18. The van der Waals surface area contributed by atoms with Crippen LogP contribution < -0.4 is 5.43 Å². The van der Waals surface area contributed by atoms with Crippen LogP contribution in [-0.4, -0.2) is 55.6 Å². The van der Waals surface area contributed by atoms with Crippen LogP contribution in [0, 0.1) is 5.82 Å². The molecule has 1 atom stereocenters. The van der Waals surface area contributed by atoms with E-state index in [2.05, 4.69) is 0 Å². The third kappa shape index (κ3) is 6.33. The van der Waals surface area contributed by atoms with Gasteiger partial charge in [-0.1, -0.05) is 24.3 Å². The van der Waals surface area contributed by atoms with E-state index in [-0.39, 0.29) is 36.7 Å². The Balaban J connectivity index is 1.61. The van der Waals surface area contributed by atoms with Crippen molar-refractivity contribution in [3.05, 3.63) is 82.0 Å². The maximum absolute atomic E-state index is 13.4. The molecule has 0 saturated carbocycles. The summed E-state index contributed by atoms with van der Waals surface area (Å²) < 4.78 is 50.5. The summed E-state index contributed by atoms with van der Waals surface area (Å²) in [6.07, 6.45) is 3.66. The van der Waals surface area contributed by atoms with Crippen LogP contribution in [0.1, 0.15) is 24.0 Å². The maximum atomic E-state index is 13.4. The first-order chi connectivity index (χ1) is 16.7. The largest absolute Gasteiger partial charge is 0.464 e. The van der Waals surface area contributed by atoms with Gasteiger partial charge in [-0.25, -0.2) is 12.8 Å². The quantitative estimate of drug-likeness (QED) is 0.446. The lowest BCUT2D eigenvalue weighted by atomic mass is 10.1. The van der Waals surface area contributed by atoms with Crippen molar-refractivity contribution in [2.24, 2.45) is 0 Å².